The highest BCUT2D eigenvalue weighted by atomic mass is 79.9. The molecule has 0 saturated heterocycles. The number of hydrogen-bond acceptors (Lipinski definition) is 1. The van der Waals surface area contributed by atoms with Crippen molar-refractivity contribution < 1.29 is 9.18 Å². The molecule has 1 aliphatic rings. The van der Waals surface area contributed by atoms with Gasteiger partial charge in [-0.15, -0.1) is 0 Å². The fourth-order valence-electron chi connectivity index (χ4n) is 2.18. The third-order valence-electron chi connectivity index (χ3n) is 3.21. The van der Waals surface area contributed by atoms with Crippen molar-refractivity contribution in [3.63, 3.8) is 0 Å². The van der Waals surface area contributed by atoms with Gasteiger partial charge in [0.15, 0.2) is 0 Å². The molecule has 1 saturated carbocycles. The van der Waals surface area contributed by atoms with E-state index >= 15 is 0 Å². The first-order valence-corrected chi connectivity index (χ1v) is 7.64. The zero-order valence-electron chi connectivity index (χ0n) is 9.76. The molecule has 98 valence electrons. The van der Waals surface area contributed by atoms with Crippen molar-refractivity contribution in [3.05, 3.63) is 34.1 Å². The fourth-order valence-corrected chi connectivity index (χ4v) is 3.35. The fraction of sp³-hybridized carbons (Fsp3) is 0.462. The van der Waals surface area contributed by atoms with E-state index in [9.17, 15) is 9.18 Å². The molecule has 0 aliphatic heterocycles. The highest BCUT2D eigenvalue weighted by Gasteiger charge is 2.22. The number of benzene rings is 1. The van der Waals surface area contributed by atoms with E-state index in [-0.39, 0.29) is 11.7 Å². The van der Waals surface area contributed by atoms with Gasteiger partial charge in [-0.3, -0.25) is 4.79 Å². The third kappa shape index (κ3) is 3.54. The molecule has 1 N–H and O–H groups in total. The van der Waals surface area contributed by atoms with Crippen LogP contribution in [0.1, 0.15) is 29.6 Å². The molecule has 2 atom stereocenters. The molecule has 0 bridgehead atoms. The average Bonchev–Trinajstić information content (AvgIpc) is 2.75. The van der Waals surface area contributed by atoms with Crippen LogP contribution >= 0.6 is 31.9 Å². The van der Waals surface area contributed by atoms with Gasteiger partial charge in [-0.2, -0.15) is 0 Å². The largest absolute Gasteiger partial charge is 0.352 e. The zero-order chi connectivity index (χ0) is 13.1. The summed E-state index contributed by atoms with van der Waals surface area (Å²) in [7, 11) is 0. The predicted octanol–water partition coefficient (Wildman–Crippen LogP) is 3.88. The van der Waals surface area contributed by atoms with Gasteiger partial charge in [-0.1, -0.05) is 15.9 Å². The van der Waals surface area contributed by atoms with E-state index in [1.165, 1.54) is 24.6 Å². The average molecular weight is 379 g/mol. The minimum atomic E-state index is -0.357. The minimum Gasteiger partial charge on any atom is -0.352 e. The van der Waals surface area contributed by atoms with Crippen LogP contribution < -0.4 is 5.32 Å². The molecule has 0 spiro atoms. The number of carbonyl (C=O) groups excluding carboxylic acids is 1. The molecule has 0 heterocycles. The van der Waals surface area contributed by atoms with Gasteiger partial charge in [0, 0.05) is 16.9 Å². The van der Waals surface area contributed by atoms with Crippen LogP contribution in [0.5, 0.6) is 0 Å². The Labute approximate surface area is 123 Å². The Kier molecular flexibility index (Phi) is 4.78. The Hall–Kier alpha value is -0.420. The highest BCUT2D eigenvalue weighted by molar-refractivity contribution is 9.10. The second kappa shape index (κ2) is 6.15. The van der Waals surface area contributed by atoms with Crippen molar-refractivity contribution in [2.75, 3.05) is 6.54 Å². The number of amides is 1. The Morgan fingerprint density at radius 3 is 2.83 bits per heavy atom. The van der Waals surface area contributed by atoms with Crippen LogP contribution in [0.25, 0.3) is 0 Å². The van der Waals surface area contributed by atoms with Crippen molar-refractivity contribution >= 4 is 37.8 Å². The van der Waals surface area contributed by atoms with E-state index in [4.69, 9.17) is 0 Å². The summed E-state index contributed by atoms with van der Waals surface area (Å²) in [6, 6.07) is 4.30. The zero-order valence-corrected chi connectivity index (χ0v) is 12.9. The van der Waals surface area contributed by atoms with E-state index in [2.05, 4.69) is 37.2 Å². The minimum absolute atomic E-state index is 0.145. The molecule has 2 unspecified atom stereocenters. The first-order chi connectivity index (χ1) is 8.56. The predicted molar refractivity (Wildman–Crippen MR) is 76.5 cm³/mol. The maximum Gasteiger partial charge on any atom is 0.251 e. The van der Waals surface area contributed by atoms with Gasteiger partial charge in [0.05, 0.1) is 4.47 Å². The quantitative estimate of drug-likeness (QED) is 0.794. The summed E-state index contributed by atoms with van der Waals surface area (Å²) in [5, 5.41) is 2.91. The lowest BCUT2D eigenvalue weighted by molar-refractivity contribution is 0.0947. The molecule has 1 aromatic rings. The Morgan fingerprint density at radius 1 is 1.44 bits per heavy atom. The molecular formula is C13H14Br2FNO. The SMILES string of the molecule is O=C(NCC1CCC(Br)C1)c1ccc(F)c(Br)c1. The summed E-state index contributed by atoms with van der Waals surface area (Å²) in [5.41, 5.74) is 0.483. The van der Waals surface area contributed by atoms with Gasteiger partial charge in [0.25, 0.3) is 5.91 Å². The number of nitrogens with one attached hydrogen (secondary N) is 1. The van der Waals surface area contributed by atoms with Gasteiger partial charge in [-0.25, -0.2) is 4.39 Å². The summed E-state index contributed by atoms with van der Waals surface area (Å²) in [4.78, 5) is 12.5. The highest BCUT2D eigenvalue weighted by Crippen LogP contribution is 2.30. The van der Waals surface area contributed by atoms with Crippen molar-refractivity contribution in [2.45, 2.75) is 24.1 Å². The van der Waals surface area contributed by atoms with E-state index in [0.29, 0.717) is 27.3 Å². The van der Waals surface area contributed by atoms with Gasteiger partial charge in [-0.05, 0) is 59.3 Å². The van der Waals surface area contributed by atoms with Crippen LogP contribution in [0.3, 0.4) is 0 Å². The lowest BCUT2D eigenvalue weighted by Gasteiger charge is -2.11. The molecule has 18 heavy (non-hydrogen) atoms. The van der Waals surface area contributed by atoms with Crippen LogP contribution in [0.2, 0.25) is 0 Å². The number of hydrogen-bond donors (Lipinski definition) is 1. The summed E-state index contributed by atoms with van der Waals surface area (Å²) in [5.74, 6) is 0.0420. The van der Waals surface area contributed by atoms with Gasteiger partial charge in [0.1, 0.15) is 5.82 Å². The van der Waals surface area contributed by atoms with Gasteiger partial charge in [0.2, 0.25) is 0 Å². The maximum absolute atomic E-state index is 13.1. The molecule has 0 radical (unpaired) electrons. The number of halogens is 3. The Balaban J connectivity index is 1.89. The van der Waals surface area contributed by atoms with Crippen LogP contribution in [0.4, 0.5) is 4.39 Å². The van der Waals surface area contributed by atoms with Crippen LogP contribution in [0.15, 0.2) is 22.7 Å². The molecule has 0 aromatic heterocycles. The number of rotatable bonds is 3. The molecule has 1 fully saturated rings. The molecule has 1 aliphatic carbocycles. The normalized spacial score (nSPS) is 23.1. The molecule has 1 aromatic carbocycles. The van der Waals surface area contributed by atoms with E-state index in [1.54, 1.807) is 0 Å². The van der Waals surface area contributed by atoms with E-state index < -0.39 is 0 Å². The van der Waals surface area contributed by atoms with Crippen LogP contribution in [0, 0.1) is 11.7 Å². The summed E-state index contributed by atoms with van der Waals surface area (Å²) < 4.78 is 13.4. The standard InChI is InChI=1S/C13H14Br2FNO/c14-10-3-1-8(5-10)7-17-13(18)9-2-4-12(16)11(15)6-9/h2,4,6,8,10H,1,3,5,7H2,(H,17,18). The second-order valence-corrected chi connectivity index (χ2v) is 6.76. The van der Waals surface area contributed by atoms with Crippen molar-refractivity contribution in [1.29, 1.82) is 0 Å². The summed E-state index contributed by atoms with van der Waals surface area (Å²) >= 11 is 6.67. The Bertz CT molecular complexity index is 453. The first-order valence-electron chi connectivity index (χ1n) is 5.93. The van der Waals surface area contributed by atoms with E-state index in [0.717, 1.165) is 12.8 Å². The lowest BCUT2D eigenvalue weighted by Crippen LogP contribution is -2.28. The maximum atomic E-state index is 13.1. The molecular weight excluding hydrogens is 365 g/mol. The lowest BCUT2D eigenvalue weighted by atomic mass is 10.1. The van der Waals surface area contributed by atoms with Crippen molar-refractivity contribution in [2.24, 2.45) is 5.92 Å². The van der Waals surface area contributed by atoms with Crippen LogP contribution in [-0.2, 0) is 0 Å². The van der Waals surface area contributed by atoms with E-state index in [1.807, 2.05) is 0 Å². The Morgan fingerprint density at radius 2 is 2.22 bits per heavy atom. The number of alkyl halides is 1. The molecule has 2 nitrogen and oxygen atoms in total. The van der Waals surface area contributed by atoms with Crippen molar-refractivity contribution in [3.8, 4) is 0 Å². The first kappa shape index (κ1) is 14.0. The molecule has 5 heteroatoms. The smallest absolute Gasteiger partial charge is 0.251 e. The van der Waals surface area contributed by atoms with Crippen molar-refractivity contribution in [1.82, 2.24) is 5.32 Å². The topological polar surface area (TPSA) is 29.1 Å². The molecule has 2 rings (SSSR count). The van der Waals surface area contributed by atoms with Gasteiger partial charge < -0.3 is 5.32 Å². The monoisotopic (exact) mass is 377 g/mol. The molecule has 1 amide bonds. The second-order valence-electron chi connectivity index (χ2n) is 4.62. The summed E-state index contributed by atoms with van der Waals surface area (Å²) in [6.45, 7) is 0.690. The number of carbonyl (C=O) groups is 1. The summed E-state index contributed by atoms with van der Waals surface area (Å²) in [6.07, 6.45) is 3.42. The third-order valence-corrected chi connectivity index (χ3v) is 4.65. The van der Waals surface area contributed by atoms with Crippen LogP contribution in [-0.4, -0.2) is 17.3 Å². The van der Waals surface area contributed by atoms with Gasteiger partial charge >= 0.3 is 0 Å².